The monoisotopic (exact) mass is 274 g/mol. The Kier molecular flexibility index (Phi) is 4.53. The van der Waals surface area contributed by atoms with E-state index in [1.807, 2.05) is 31.2 Å². The van der Waals surface area contributed by atoms with Gasteiger partial charge in [0.05, 0.1) is 12.3 Å². The number of aromatic amines is 1. The smallest absolute Gasteiger partial charge is 0.267 e. The summed E-state index contributed by atoms with van der Waals surface area (Å²) in [5.41, 5.74) is 2.96. The van der Waals surface area contributed by atoms with E-state index in [9.17, 15) is 4.79 Å². The Morgan fingerprint density at radius 2 is 1.90 bits per heavy atom. The van der Waals surface area contributed by atoms with Crippen molar-refractivity contribution < 1.29 is 9.47 Å². The van der Waals surface area contributed by atoms with Gasteiger partial charge in [-0.3, -0.25) is 4.79 Å². The zero-order valence-corrected chi connectivity index (χ0v) is 11.9. The van der Waals surface area contributed by atoms with Crippen LogP contribution in [-0.2, 0) is 4.74 Å². The molecule has 2 aromatic rings. The Bertz CT molecular complexity index is 650. The summed E-state index contributed by atoms with van der Waals surface area (Å²) in [7, 11) is 1.63. The standard InChI is InChI=1S/C15H18N2O3/c1-10-11(2)15(18)17-16-14(10)12-6-4-5-7-13(12)20-9-8-19-3/h4-7H,8-9H2,1-3H3,(H,17,18). The number of benzene rings is 1. The number of nitrogens with zero attached hydrogens (tertiary/aromatic N) is 1. The first-order valence-electron chi connectivity index (χ1n) is 6.42. The summed E-state index contributed by atoms with van der Waals surface area (Å²) in [4.78, 5) is 11.6. The van der Waals surface area contributed by atoms with Gasteiger partial charge in [0, 0.05) is 18.2 Å². The Balaban J connectivity index is 2.42. The predicted octanol–water partition coefficient (Wildman–Crippen LogP) is 2.08. The number of ether oxygens (including phenoxy) is 2. The molecule has 1 aromatic heterocycles. The third kappa shape index (κ3) is 2.88. The van der Waals surface area contributed by atoms with Crippen LogP contribution in [0.1, 0.15) is 11.1 Å². The van der Waals surface area contributed by atoms with E-state index in [0.29, 0.717) is 18.8 Å². The molecule has 5 nitrogen and oxygen atoms in total. The fraction of sp³-hybridized carbons (Fsp3) is 0.333. The highest BCUT2D eigenvalue weighted by molar-refractivity contribution is 5.70. The van der Waals surface area contributed by atoms with Crippen molar-refractivity contribution >= 4 is 0 Å². The van der Waals surface area contributed by atoms with Gasteiger partial charge in [0.25, 0.3) is 5.56 Å². The van der Waals surface area contributed by atoms with Crippen LogP contribution in [-0.4, -0.2) is 30.5 Å². The van der Waals surface area contributed by atoms with E-state index in [2.05, 4.69) is 10.2 Å². The van der Waals surface area contributed by atoms with Crippen molar-refractivity contribution in [1.82, 2.24) is 10.2 Å². The van der Waals surface area contributed by atoms with Crippen molar-refractivity contribution in [3.8, 4) is 17.0 Å². The van der Waals surface area contributed by atoms with Gasteiger partial charge in [-0.2, -0.15) is 5.10 Å². The summed E-state index contributed by atoms with van der Waals surface area (Å²) < 4.78 is 10.7. The van der Waals surface area contributed by atoms with Crippen molar-refractivity contribution in [3.05, 3.63) is 45.7 Å². The first-order chi connectivity index (χ1) is 9.65. The highest BCUT2D eigenvalue weighted by atomic mass is 16.5. The fourth-order valence-corrected chi connectivity index (χ4v) is 1.91. The van der Waals surface area contributed by atoms with Gasteiger partial charge < -0.3 is 9.47 Å². The minimum Gasteiger partial charge on any atom is -0.490 e. The molecule has 106 valence electrons. The van der Waals surface area contributed by atoms with Crippen LogP contribution in [0.2, 0.25) is 0 Å². The number of hydrogen-bond donors (Lipinski definition) is 1. The second kappa shape index (κ2) is 6.34. The molecule has 0 amide bonds. The molecule has 0 saturated carbocycles. The average Bonchev–Trinajstić information content (AvgIpc) is 2.46. The molecule has 1 heterocycles. The molecule has 0 atom stereocenters. The van der Waals surface area contributed by atoms with Crippen LogP contribution in [0.5, 0.6) is 5.75 Å². The van der Waals surface area contributed by atoms with Gasteiger partial charge >= 0.3 is 0 Å². The van der Waals surface area contributed by atoms with Gasteiger partial charge in [0.15, 0.2) is 0 Å². The van der Waals surface area contributed by atoms with Crippen LogP contribution in [0, 0.1) is 13.8 Å². The third-order valence-electron chi connectivity index (χ3n) is 3.21. The van der Waals surface area contributed by atoms with Crippen molar-refractivity contribution in [2.75, 3.05) is 20.3 Å². The lowest BCUT2D eigenvalue weighted by atomic mass is 10.0. The van der Waals surface area contributed by atoms with Crippen LogP contribution in [0.3, 0.4) is 0 Å². The van der Waals surface area contributed by atoms with Gasteiger partial charge in [-0.05, 0) is 31.5 Å². The van der Waals surface area contributed by atoms with E-state index in [4.69, 9.17) is 9.47 Å². The minimum absolute atomic E-state index is 0.163. The van der Waals surface area contributed by atoms with Crippen molar-refractivity contribution in [2.45, 2.75) is 13.8 Å². The van der Waals surface area contributed by atoms with Gasteiger partial charge in [-0.1, -0.05) is 12.1 Å². The Morgan fingerprint density at radius 3 is 2.65 bits per heavy atom. The van der Waals surface area contributed by atoms with Gasteiger partial charge in [-0.15, -0.1) is 0 Å². The Morgan fingerprint density at radius 1 is 1.15 bits per heavy atom. The summed E-state index contributed by atoms with van der Waals surface area (Å²) in [6.45, 7) is 4.66. The molecule has 0 saturated heterocycles. The van der Waals surface area contributed by atoms with Crippen molar-refractivity contribution in [2.24, 2.45) is 0 Å². The Labute approximate surface area is 117 Å². The fourth-order valence-electron chi connectivity index (χ4n) is 1.91. The minimum atomic E-state index is -0.163. The van der Waals surface area contributed by atoms with Gasteiger partial charge in [0.2, 0.25) is 0 Å². The summed E-state index contributed by atoms with van der Waals surface area (Å²) in [5, 5.41) is 6.67. The van der Waals surface area contributed by atoms with Crippen molar-refractivity contribution in [3.63, 3.8) is 0 Å². The zero-order chi connectivity index (χ0) is 14.5. The van der Waals surface area contributed by atoms with Crippen molar-refractivity contribution in [1.29, 1.82) is 0 Å². The van der Waals surface area contributed by atoms with E-state index in [1.165, 1.54) is 0 Å². The molecule has 0 spiro atoms. The lowest BCUT2D eigenvalue weighted by molar-refractivity contribution is 0.146. The molecule has 0 aliphatic heterocycles. The van der Waals surface area contributed by atoms with Gasteiger partial charge in [0.1, 0.15) is 12.4 Å². The number of hydrogen-bond acceptors (Lipinski definition) is 4. The van der Waals surface area contributed by atoms with Crippen LogP contribution in [0.4, 0.5) is 0 Å². The van der Waals surface area contributed by atoms with Gasteiger partial charge in [-0.25, -0.2) is 5.10 Å². The van der Waals surface area contributed by atoms with Crippen LogP contribution in [0.25, 0.3) is 11.3 Å². The number of para-hydroxylation sites is 1. The summed E-state index contributed by atoms with van der Waals surface area (Å²) >= 11 is 0. The lowest BCUT2D eigenvalue weighted by Crippen LogP contribution is -2.14. The third-order valence-corrected chi connectivity index (χ3v) is 3.21. The largest absolute Gasteiger partial charge is 0.490 e. The summed E-state index contributed by atoms with van der Waals surface area (Å²) in [6, 6.07) is 7.63. The van der Waals surface area contributed by atoms with E-state index in [-0.39, 0.29) is 5.56 Å². The zero-order valence-electron chi connectivity index (χ0n) is 11.9. The molecule has 0 unspecified atom stereocenters. The maximum absolute atomic E-state index is 11.6. The number of rotatable bonds is 5. The number of H-pyrrole nitrogens is 1. The molecule has 0 radical (unpaired) electrons. The first-order valence-corrected chi connectivity index (χ1v) is 6.42. The molecule has 1 aromatic carbocycles. The SMILES string of the molecule is COCCOc1ccccc1-c1n[nH]c(=O)c(C)c1C. The van der Waals surface area contributed by atoms with E-state index >= 15 is 0 Å². The molecular formula is C15H18N2O3. The van der Waals surface area contributed by atoms with Crippen LogP contribution < -0.4 is 10.3 Å². The number of nitrogens with one attached hydrogen (secondary N) is 1. The molecule has 0 aliphatic carbocycles. The second-order valence-electron chi connectivity index (χ2n) is 4.49. The topological polar surface area (TPSA) is 64.2 Å². The molecule has 0 bridgehead atoms. The number of aromatic nitrogens is 2. The van der Waals surface area contributed by atoms with E-state index in [1.54, 1.807) is 14.0 Å². The molecule has 0 fully saturated rings. The molecule has 20 heavy (non-hydrogen) atoms. The maximum atomic E-state index is 11.6. The van der Waals surface area contributed by atoms with E-state index < -0.39 is 0 Å². The summed E-state index contributed by atoms with van der Waals surface area (Å²) in [6.07, 6.45) is 0. The molecule has 5 heteroatoms. The maximum Gasteiger partial charge on any atom is 0.267 e. The number of methoxy groups -OCH3 is 1. The van der Waals surface area contributed by atoms with Crippen LogP contribution >= 0.6 is 0 Å². The predicted molar refractivity (Wildman–Crippen MR) is 77.1 cm³/mol. The normalized spacial score (nSPS) is 10.6. The second-order valence-corrected chi connectivity index (χ2v) is 4.49. The summed E-state index contributed by atoms with van der Waals surface area (Å²) in [5.74, 6) is 0.728. The molecular weight excluding hydrogens is 256 g/mol. The highest BCUT2D eigenvalue weighted by Crippen LogP contribution is 2.30. The first kappa shape index (κ1) is 14.3. The molecule has 1 N–H and O–H groups in total. The Hall–Kier alpha value is -2.14. The quantitative estimate of drug-likeness (QED) is 0.848. The lowest BCUT2D eigenvalue weighted by Gasteiger charge is -2.12. The van der Waals surface area contributed by atoms with Crippen LogP contribution in [0.15, 0.2) is 29.1 Å². The molecule has 0 aliphatic rings. The average molecular weight is 274 g/mol. The van der Waals surface area contributed by atoms with E-state index in [0.717, 1.165) is 22.6 Å². The molecule has 2 rings (SSSR count). The highest BCUT2D eigenvalue weighted by Gasteiger charge is 2.13.